The number of hydrogen-bond donors (Lipinski definition) is 2. The number of nitrogens with zero attached hydrogens (tertiary/aromatic N) is 1. The number of hydrogen-bond acceptors (Lipinski definition) is 4. The van der Waals surface area contributed by atoms with Gasteiger partial charge in [-0.3, -0.25) is 0 Å². The number of ether oxygens (including phenoxy) is 2. The van der Waals surface area contributed by atoms with Crippen molar-refractivity contribution in [1.29, 1.82) is 0 Å². The van der Waals surface area contributed by atoms with Crippen LogP contribution in [0.4, 0.5) is 0 Å². The molecule has 2 heterocycles. The fourth-order valence-electron chi connectivity index (χ4n) is 3.05. The van der Waals surface area contributed by atoms with Crippen molar-refractivity contribution in [3.8, 4) is 0 Å². The number of aryl methyl sites for hydroxylation is 1. The molecule has 2 N–H and O–H groups in total. The summed E-state index contributed by atoms with van der Waals surface area (Å²) in [4.78, 5) is 4.68. The summed E-state index contributed by atoms with van der Waals surface area (Å²) in [6.45, 7) is 9.66. The molecule has 26 heavy (non-hydrogen) atoms. The minimum atomic E-state index is 0.158. The average molecular weight is 359 g/mol. The maximum absolute atomic E-state index is 5.95. The predicted molar refractivity (Wildman–Crippen MR) is 104 cm³/mol. The highest BCUT2D eigenvalue weighted by molar-refractivity contribution is 5.82. The third kappa shape index (κ3) is 4.77. The van der Waals surface area contributed by atoms with Crippen molar-refractivity contribution in [3.63, 3.8) is 0 Å². The van der Waals surface area contributed by atoms with Gasteiger partial charge in [0.15, 0.2) is 5.96 Å². The van der Waals surface area contributed by atoms with Gasteiger partial charge in [0.05, 0.1) is 19.3 Å². The van der Waals surface area contributed by atoms with Crippen LogP contribution in [0.1, 0.15) is 31.6 Å². The van der Waals surface area contributed by atoms with Crippen LogP contribution in [0, 0.1) is 6.92 Å². The molecular formula is C20H29N3O3. The van der Waals surface area contributed by atoms with E-state index in [9.17, 15) is 0 Å². The standard InChI is InChI=1S/C20H29N3O3/c1-4-21-20(23-14(2)12-25-16-9-10-24-13-16)22-11-19-15(3)17-7-5-6-8-18(17)26-19/h5-8,14,16H,4,9-13H2,1-3H3,(H2,21,22,23). The van der Waals surface area contributed by atoms with Gasteiger partial charge < -0.3 is 24.5 Å². The van der Waals surface area contributed by atoms with E-state index in [1.165, 1.54) is 0 Å². The summed E-state index contributed by atoms with van der Waals surface area (Å²) < 4.78 is 17.2. The molecule has 2 unspecified atom stereocenters. The molecule has 0 spiro atoms. The number of rotatable bonds is 7. The van der Waals surface area contributed by atoms with E-state index < -0.39 is 0 Å². The van der Waals surface area contributed by atoms with Crippen LogP contribution >= 0.6 is 0 Å². The van der Waals surface area contributed by atoms with Crippen molar-refractivity contribution in [1.82, 2.24) is 10.6 Å². The van der Waals surface area contributed by atoms with Crippen LogP contribution in [0.2, 0.25) is 0 Å². The van der Waals surface area contributed by atoms with E-state index >= 15 is 0 Å². The predicted octanol–water partition coefficient (Wildman–Crippen LogP) is 2.99. The fourth-order valence-corrected chi connectivity index (χ4v) is 3.05. The van der Waals surface area contributed by atoms with Crippen molar-refractivity contribution in [3.05, 3.63) is 35.6 Å². The summed E-state index contributed by atoms with van der Waals surface area (Å²) >= 11 is 0. The average Bonchev–Trinajstić information content (AvgIpc) is 3.27. The molecule has 2 aromatic rings. The number of benzene rings is 1. The molecular weight excluding hydrogens is 330 g/mol. The van der Waals surface area contributed by atoms with E-state index in [2.05, 4.69) is 42.5 Å². The zero-order chi connectivity index (χ0) is 18.4. The first-order chi connectivity index (χ1) is 12.7. The third-order valence-corrected chi connectivity index (χ3v) is 4.52. The molecule has 1 aliphatic heterocycles. The fraction of sp³-hybridized carbons (Fsp3) is 0.550. The lowest BCUT2D eigenvalue weighted by Gasteiger charge is -2.19. The summed E-state index contributed by atoms with van der Waals surface area (Å²) in [5.41, 5.74) is 2.06. The zero-order valence-electron chi connectivity index (χ0n) is 15.9. The van der Waals surface area contributed by atoms with Gasteiger partial charge in [0.1, 0.15) is 17.9 Å². The molecule has 1 aliphatic rings. The molecule has 0 saturated carbocycles. The Morgan fingerprint density at radius 3 is 2.96 bits per heavy atom. The van der Waals surface area contributed by atoms with Gasteiger partial charge >= 0.3 is 0 Å². The molecule has 1 aromatic heterocycles. The Bertz CT molecular complexity index is 735. The number of guanidine groups is 1. The monoisotopic (exact) mass is 359 g/mol. The van der Waals surface area contributed by atoms with Crippen molar-refractivity contribution < 1.29 is 13.9 Å². The Balaban J connectivity index is 1.59. The quantitative estimate of drug-likeness (QED) is 0.588. The van der Waals surface area contributed by atoms with E-state index in [1.807, 2.05) is 18.2 Å². The van der Waals surface area contributed by atoms with Crippen LogP contribution in [0.5, 0.6) is 0 Å². The van der Waals surface area contributed by atoms with Crippen molar-refractivity contribution in [2.75, 3.05) is 26.4 Å². The van der Waals surface area contributed by atoms with E-state index in [0.717, 1.165) is 47.8 Å². The van der Waals surface area contributed by atoms with Gasteiger partial charge in [-0.2, -0.15) is 0 Å². The molecule has 0 radical (unpaired) electrons. The van der Waals surface area contributed by atoms with Gasteiger partial charge in [0.25, 0.3) is 0 Å². The highest BCUT2D eigenvalue weighted by atomic mass is 16.5. The molecule has 0 aliphatic carbocycles. The maximum Gasteiger partial charge on any atom is 0.191 e. The van der Waals surface area contributed by atoms with E-state index in [1.54, 1.807) is 0 Å². The van der Waals surface area contributed by atoms with Crippen molar-refractivity contribution in [2.45, 2.75) is 45.9 Å². The molecule has 0 bridgehead atoms. The molecule has 6 heteroatoms. The molecule has 1 fully saturated rings. The minimum Gasteiger partial charge on any atom is -0.459 e. The first kappa shape index (κ1) is 18.7. The Hall–Kier alpha value is -2.05. The second-order valence-corrected chi connectivity index (χ2v) is 6.71. The Labute approximate surface area is 155 Å². The number of nitrogens with one attached hydrogen (secondary N) is 2. The van der Waals surface area contributed by atoms with E-state index in [4.69, 9.17) is 13.9 Å². The summed E-state index contributed by atoms with van der Waals surface area (Å²) in [5, 5.41) is 7.83. The summed E-state index contributed by atoms with van der Waals surface area (Å²) in [6.07, 6.45) is 1.20. The summed E-state index contributed by atoms with van der Waals surface area (Å²) in [7, 11) is 0. The van der Waals surface area contributed by atoms with Crippen LogP contribution in [0.25, 0.3) is 11.0 Å². The van der Waals surface area contributed by atoms with Crippen molar-refractivity contribution in [2.24, 2.45) is 4.99 Å². The SMILES string of the molecule is CCNC(=NCc1oc2ccccc2c1C)NC(C)COC1CCOC1. The van der Waals surface area contributed by atoms with Gasteiger partial charge in [0, 0.05) is 30.1 Å². The van der Waals surface area contributed by atoms with Crippen LogP contribution in [0.3, 0.4) is 0 Å². The molecule has 1 aromatic carbocycles. The Kier molecular flexibility index (Phi) is 6.52. The van der Waals surface area contributed by atoms with Gasteiger partial charge in [-0.25, -0.2) is 4.99 Å². The first-order valence-electron chi connectivity index (χ1n) is 9.38. The largest absolute Gasteiger partial charge is 0.459 e. The van der Waals surface area contributed by atoms with E-state index in [0.29, 0.717) is 19.8 Å². The van der Waals surface area contributed by atoms with Gasteiger partial charge in [-0.05, 0) is 33.3 Å². The molecule has 6 nitrogen and oxygen atoms in total. The second kappa shape index (κ2) is 9.05. The normalized spacial score (nSPS) is 19.0. The van der Waals surface area contributed by atoms with Crippen LogP contribution in [0.15, 0.2) is 33.7 Å². The zero-order valence-corrected chi connectivity index (χ0v) is 15.9. The number of furan rings is 1. The number of aliphatic imine (C=N–C) groups is 1. The maximum atomic E-state index is 5.95. The highest BCUT2D eigenvalue weighted by Gasteiger charge is 2.17. The van der Waals surface area contributed by atoms with Crippen molar-refractivity contribution >= 4 is 16.9 Å². The summed E-state index contributed by atoms with van der Waals surface area (Å²) in [6, 6.07) is 8.24. The number of fused-ring (bicyclic) bond motifs is 1. The van der Waals surface area contributed by atoms with Gasteiger partial charge in [-0.1, -0.05) is 18.2 Å². The van der Waals surface area contributed by atoms with E-state index in [-0.39, 0.29) is 12.1 Å². The molecule has 1 saturated heterocycles. The molecule has 142 valence electrons. The lowest BCUT2D eigenvalue weighted by molar-refractivity contribution is 0.0347. The Morgan fingerprint density at radius 1 is 1.38 bits per heavy atom. The number of para-hydroxylation sites is 1. The topological polar surface area (TPSA) is 68.0 Å². The highest BCUT2D eigenvalue weighted by Crippen LogP contribution is 2.25. The lowest BCUT2D eigenvalue weighted by atomic mass is 10.1. The van der Waals surface area contributed by atoms with Gasteiger partial charge in [0.2, 0.25) is 0 Å². The lowest BCUT2D eigenvalue weighted by Crippen LogP contribution is -2.44. The molecule has 3 rings (SSSR count). The second-order valence-electron chi connectivity index (χ2n) is 6.71. The molecule has 0 amide bonds. The summed E-state index contributed by atoms with van der Waals surface area (Å²) in [5.74, 6) is 1.67. The first-order valence-corrected chi connectivity index (χ1v) is 9.38. The van der Waals surface area contributed by atoms with Crippen LogP contribution in [-0.2, 0) is 16.0 Å². The third-order valence-electron chi connectivity index (χ3n) is 4.52. The smallest absolute Gasteiger partial charge is 0.191 e. The van der Waals surface area contributed by atoms with Gasteiger partial charge in [-0.15, -0.1) is 0 Å². The van der Waals surface area contributed by atoms with Crippen LogP contribution < -0.4 is 10.6 Å². The minimum absolute atomic E-state index is 0.158. The van der Waals surface area contributed by atoms with Crippen LogP contribution in [-0.4, -0.2) is 44.5 Å². The molecule has 2 atom stereocenters. The Morgan fingerprint density at radius 2 is 2.23 bits per heavy atom.